The highest BCUT2D eigenvalue weighted by Crippen LogP contribution is 2.19. The Kier molecular flexibility index (Phi) is 5.39. The van der Waals surface area contributed by atoms with E-state index >= 15 is 0 Å². The summed E-state index contributed by atoms with van der Waals surface area (Å²) in [4.78, 5) is 22.9. The second-order valence-corrected chi connectivity index (χ2v) is 5.92. The predicted octanol–water partition coefficient (Wildman–Crippen LogP) is 2.12. The fraction of sp³-hybridized carbons (Fsp3) is 0.714. The molecule has 1 saturated carbocycles. The fourth-order valence-corrected chi connectivity index (χ4v) is 2.19. The van der Waals surface area contributed by atoms with Crippen molar-refractivity contribution in [2.75, 3.05) is 0 Å². The molecule has 0 aromatic rings. The van der Waals surface area contributed by atoms with Gasteiger partial charge in [0.1, 0.15) is 5.60 Å². The molecule has 0 unspecified atom stereocenters. The number of hydrogen-bond donors (Lipinski definition) is 2. The van der Waals surface area contributed by atoms with Gasteiger partial charge in [-0.2, -0.15) is 0 Å². The summed E-state index contributed by atoms with van der Waals surface area (Å²) in [7, 11) is 0. The fourth-order valence-electron chi connectivity index (χ4n) is 2.19. The Morgan fingerprint density at radius 2 is 1.79 bits per heavy atom. The first-order valence-electron chi connectivity index (χ1n) is 6.72. The van der Waals surface area contributed by atoms with Crippen molar-refractivity contribution in [1.82, 2.24) is 10.6 Å². The van der Waals surface area contributed by atoms with Crippen LogP contribution in [0.15, 0.2) is 12.7 Å². The van der Waals surface area contributed by atoms with E-state index < -0.39 is 11.7 Å². The van der Waals surface area contributed by atoms with E-state index in [1.54, 1.807) is 0 Å². The van der Waals surface area contributed by atoms with Crippen LogP contribution in [-0.4, -0.2) is 29.7 Å². The minimum atomic E-state index is -0.491. The number of carbonyl (C=O) groups is 2. The van der Waals surface area contributed by atoms with E-state index in [4.69, 9.17) is 4.74 Å². The maximum Gasteiger partial charge on any atom is 0.407 e. The molecule has 108 valence electrons. The van der Waals surface area contributed by atoms with E-state index in [9.17, 15) is 9.59 Å². The average molecular weight is 268 g/mol. The molecule has 0 aromatic carbocycles. The Morgan fingerprint density at radius 3 is 2.32 bits per heavy atom. The summed E-state index contributed by atoms with van der Waals surface area (Å²) in [5.41, 5.74) is -0.491. The first kappa shape index (κ1) is 15.5. The van der Waals surface area contributed by atoms with E-state index in [0.29, 0.717) is 0 Å². The first-order chi connectivity index (χ1) is 8.80. The number of alkyl carbamates (subject to hydrolysis) is 1. The minimum absolute atomic E-state index is 0.0544. The van der Waals surface area contributed by atoms with Crippen LogP contribution >= 0.6 is 0 Å². The molecule has 2 amide bonds. The van der Waals surface area contributed by atoms with E-state index in [0.717, 1.165) is 25.7 Å². The SMILES string of the molecule is C=CC(=O)N[C@@H]1CCC[C@@H](NC(=O)OC(C)(C)C)C1. The van der Waals surface area contributed by atoms with Gasteiger partial charge in [-0.05, 0) is 52.5 Å². The van der Waals surface area contributed by atoms with Crippen LogP contribution in [0.25, 0.3) is 0 Å². The zero-order chi connectivity index (χ0) is 14.5. The molecule has 5 heteroatoms. The zero-order valence-corrected chi connectivity index (χ0v) is 12.0. The third-order valence-corrected chi connectivity index (χ3v) is 2.93. The van der Waals surface area contributed by atoms with Gasteiger partial charge in [-0.25, -0.2) is 4.79 Å². The maximum absolute atomic E-state index is 11.7. The third kappa shape index (κ3) is 6.27. The zero-order valence-electron chi connectivity index (χ0n) is 12.0. The van der Waals surface area contributed by atoms with Crippen LogP contribution in [0.1, 0.15) is 46.5 Å². The quantitative estimate of drug-likeness (QED) is 0.770. The van der Waals surface area contributed by atoms with Gasteiger partial charge in [-0.1, -0.05) is 6.58 Å². The molecular weight excluding hydrogens is 244 g/mol. The molecule has 1 fully saturated rings. The van der Waals surface area contributed by atoms with Crippen molar-refractivity contribution in [3.63, 3.8) is 0 Å². The number of nitrogens with one attached hydrogen (secondary N) is 2. The normalized spacial score (nSPS) is 23.3. The van der Waals surface area contributed by atoms with E-state index in [1.165, 1.54) is 6.08 Å². The molecule has 0 spiro atoms. The number of hydrogen-bond acceptors (Lipinski definition) is 3. The number of amides is 2. The summed E-state index contributed by atoms with van der Waals surface area (Å²) >= 11 is 0. The maximum atomic E-state index is 11.7. The molecular formula is C14H24N2O3. The lowest BCUT2D eigenvalue weighted by Crippen LogP contribution is -2.46. The molecule has 0 heterocycles. The lowest BCUT2D eigenvalue weighted by molar-refractivity contribution is -0.117. The minimum Gasteiger partial charge on any atom is -0.444 e. The van der Waals surface area contributed by atoms with Gasteiger partial charge in [0.15, 0.2) is 0 Å². The Hall–Kier alpha value is -1.52. The molecule has 1 aliphatic rings. The topological polar surface area (TPSA) is 67.4 Å². The third-order valence-electron chi connectivity index (χ3n) is 2.93. The van der Waals surface area contributed by atoms with E-state index in [1.807, 2.05) is 20.8 Å². The van der Waals surface area contributed by atoms with Crippen LogP contribution in [0.2, 0.25) is 0 Å². The summed E-state index contributed by atoms with van der Waals surface area (Å²) in [6.07, 6.45) is 4.44. The standard InChI is InChI=1S/C14H24N2O3/c1-5-12(17)15-10-7-6-8-11(9-10)16-13(18)19-14(2,3)4/h5,10-11H,1,6-9H2,2-4H3,(H,15,17)(H,16,18)/t10-,11-/m1/s1. The molecule has 0 saturated heterocycles. The molecule has 1 aliphatic carbocycles. The van der Waals surface area contributed by atoms with Gasteiger partial charge in [-0.15, -0.1) is 0 Å². The van der Waals surface area contributed by atoms with Crippen LogP contribution in [0.5, 0.6) is 0 Å². The van der Waals surface area contributed by atoms with E-state index in [-0.39, 0.29) is 18.0 Å². The summed E-state index contributed by atoms with van der Waals surface area (Å²) < 4.78 is 5.22. The molecule has 0 radical (unpaired) electrons. The summed E-state index contributed by atoms with van der Waals surface area (Å²) in [6, 6.07) is 0.151. The largest absolute Gasteiger partial charge is 0.444 e. The van der Waals surface area contributed by atoms with Crippen LogP contribution in [-0.2, 0) is 9.53 Å². The Balaban J connectivity index is 2.40. The average Bonchev–Trinajstić information content (AvgIpc) is 2.26. The molecule has 19 heavy (non-hydrogen) atoms. The van der Waals surface area contributed by atoms with Crippen LogP contribution < -0.4 is 10.6 Å². The first-order valence-corrected chi connectivity index (χ1v) is 6.72. The smallest absolute Gasteiger partial charge is 0.407 e. The molecule has 0 bridgehead atoms. The second kappa shape index (κ2) is 6.59. The monoisotopic (exact) mass is 268 g/mol. The van der Waals surface area contributed by atoms with Gasteiger partial charge in [-0.3, -0.25) is 4.79 Å². The van der Waals surface area contributed by atoms with Crippen molar-refractivity contribution >= 4 is 12.0 Å². The molecule has 2 atom stereocenters. The lowest BCUT2D eigenvalue weighted by Gasteiger charge is -2.30. The van der Waals surface area contributed by atoms with Gasteiger partial charge < -0.3 is 15.4 Å². The highest BCUT2D eigenvalue weighted by molar-refractivity contribution is 5.87. The van der Waals surface area contributed by atoms with Crippen molar-refractivity contribution in [2.45, 2.75) is 64.1 Å². The Labute approximate surface area is 114 Å². The van der Waals surface area contributed by atoms with Crippen LogP contribution in [0.3, 0.4) is 0 Å². The number of carbonyl (C=O) groups excluding carboxylic acids is 2. The number of ether oxygens (including phenoxy) is 1. The summed E-state index contributed by atoms with van der Waals surface area (Å²) in [5, 5.41) is 5.73. The summed E-state index contributed by atoms with van der Waals surface area (Å²) in [5.74, 6) is -0.164. The Morgan fingerprint density at radius 1 is 1.21 bits per heavy atom. The molecule has 1 rings (SSSR count). The van der Waals surface area contributed by atoms with Gasteiger partial charge in [0.05, 0.1) is 0 Å². The number of rotatable bonds is 3. The molecule has 5 nitrogen and oxygen atoms in total. The molecule has 0 aromatic heterocycles. The summed E-state index contributed by atoms with van der Waals surface area (Å²) in [6.45, 7) is 8.93. The van der Waals surface area contributed by atoms with Crippen molar-refractivity contribution in [2.24, 2.45) is 0 Å². The van der Waals surface area contributed by atoms with Gasteiger partial charge in [0, 0.05) is 12.1 Å². The van der Waals surface area contributed by atoms with Gasteiger partial charge in [0.25, 0.3) is 0 Å². The Bertz CT molecular complexity index is 347. The van der Waals surface area contributed by atoms with Gasteiger partial charge in [0.2, 0.25) is 5.91 Å². The van der Waals surface area contributed by atoms with Crippen molar-refractivity contribution < 1.29 is 14.3 Å². The van der Waals surface area contributed by atoms with Crippen LogP contribution in [0, 0.1) is 0 Å². The van der Waals surface area contributed by atoms with Crippen molar-refractivity contribution in [1.29, 1.82) is 0 Å². The van der Waals surface area contributed by atoms with E-state index in [2.05, 4.69) is 17.2 Å². The highest BCUT2D eigenvalue weighted by atomic mass is 16.6. The lowest BCUT2D eigenvalue weighted by atomic mass is 9.91. The molecule has 2 N–H and O–H groups in total. The predicted molar refractivity (Wildman–Crippen MR) is 73.8 cm³/mol. The van der Waals surface area contributed by atoms with Crippen molar-refractivity contribution in [3.05, 3.63) is 12.7 Å². The molecule has 0 aliphatic heterocycles. The van der Waals surface area contributed by atoms with Crippen molar-refractivity contribution in [3.8, 4) is 0 Å². The van der Waals surface area contributed by atoms with Crippen LogP contribution in [0.4, 0.5) is 4.79 Å². The second-order valence-electron chi connectivity index (χ2n) is 5.92. The highest BCUT2D eigenvalue weighted by Gasteiger charge is 2.25. The van der Waals surface area contributed by atoms with Gasteiger partial charge >= 0.3 is 6.09 Å².